The summed E-state index contributed by atoms with van der Waals surface area (Å²) in [4.78, 5) is 10.9. The molecule has 2 aromatic rings. The van der Waals surface area contributed by atoms with E-state index in [1.165, 1.54) is 31.6 Å². The van der Waals surface area contributed by atoms with Gasteiger partial charge >= 0.3 is 0 Å². The Morgan fingerprint density at radius 3 is 2.70 bits per heavy atom. The van der Waals surface area contributed by atoms with Crippen LogP contribution in [0, 0.1) is 17.0 Å². The lowest BCUT2D eigenvalue weighted by Crippen LogP contribution is -2.01. The van der Waals surface area contributed by atoms with Gasteiger partial charge in [-0.3, -0.25) is 14.3 Å². The number of methoxy groups -OCH3 is 1. The van der Waals surface area contributed by atoms with Crippen molar-refractivity contribution in [3.05, 3.63) is 52.0 Å². The van der Waals surface area contributed by atoms with Gasteiger partial charge < -0.3 is 9.15 Å². The van der Waals surface area contributed by atoms with Crippen molar-refractivity contribution < 1.29 is 18.3 Å². The van der Waals surface area contributed by atoms with Crippen molar-refractivity contribution in [1.82, 2.24) is 0 Å². The molecule has 0 fully saturated rings. The van der Waals surface area contributed by atoms with E-state index in [0.29, 0.717) is 22.0 Å². The number of furan rings is 1. The molecule has 0 spiro atoms. The van der Waals surface area contributed by atoms with Gasteiger partial charge in [0.05, 0.1) is 39.7 Å². The summed E-state index contributed by atoms with van der Waals surface area (Å²) in [5.74, 6) is 1.18. The van der Waals surface area contributed by atoms with Gasteiger partial charge in [0.25, 0.3) is 5.69 Å². The first-order chi connectivity index (χ1) is 9.52. The molecule has 1 aromatic heterocycles. The van der Waals surface area contributed by atoms with Crippen molar-refractivity contribution in [1.29, 1.82) is 0 Å². The van der Waals surface area contributed by atoms with Crippen LogP contribution in [0.2, 0.25) is 0 Å². The van der Waals surface area contributed by atoms with Gasteiger partial charge in [-0.25, -0.2) is 0 Å². The van der Waals surface area contributed by atoms with E-state index in [2.05, 4.69) is 0 Å². The van der Waals surface area contributed by atoms with Gasteiger partial charge in [-0.05, 0) is 19.1 Å². The van der Waals surface area contributed by atoms with E-state index >= 15 is 0 Å². The largest absolute Gasteiger partial charge is 0.496 e. The highest BCUT2D eigenvalue weighted by atomic mass is 32.2. The monoisotopic (exact) mass is 295 g/mol. The molecule has 0 amide bonds. The zero-order valence-corrected chi connectivity index (χ0v) is 11.8. The predicted octanol–water partition coefficient (Wildman–Crippen LogP) is 2.81. The summed E-state index contributed by atoms with van der Waals surface area (Å²) in [6.45, 7) is 1.72. The average Bonchev–Trinajstić information content (AvgIpc) is 2.84. The fourth-order valence-electron chi connectivity index (χ4n) is 1.82. The van der Waals surface area contributed by atoms with Crippen LogP contribution in [0.4, 0.5) is 5.69 Å². The first-order valence-corrected chi connectivity index (χ1v) is 7.08. The van der Waals surface area contributed by atoms with Crippen LogP contribution >= 0.6 is 0 Å². The van der Waals surface area contributed by atoms with Gasteiger partial charge in [-0.2, -0.15) is 0 Å². The van der Waals surface area contributed by atoms with Crippen molar-refractivity contribution in [2.24, 2.45) is 0 Å². The molecule has 0 radical (unpaired) electrons. The van der Waals surface area contributed by atoms with Gasteiger partial charge in [0, 0.05) is 17.7 Å². The zero-order chi connectivity index (χ0) is 14.7. The highest BCUT2D eigenvalue weighted by molar-refractivity contribution is 7.84. The summed E-state index contributed by atoms with van der Waals surface area (Å²) in [7, 11) is 0.124. The van der Waals surface area contributed by atoms with Crippen molar-refractivity contribution in [2.75, 3.05) is 7.11 Å². The van der Waals surface area contributed by atoms with Crippen LogP contribution in [0.15, 0.2) is 39.8 Å². The van der Waals surface area contributed by atoms with Crippen LogP contribution in [-0.4, -0.2) is 16.2 Å². The quantitative estimate of drug-likeness (QED) is 0.625. The molecule has 0 bridgehead atoms. The lowest BCUT2D eigenvalue weighted by atomic mass is 10.2. The smallest absolute Gasteiger partial charge is 0.270 e. The fraction of sp³-hybridized carbons (Fsp3) is 0.231. The molecule has 1 aromatic carbocycles. The van der Waals surface area contributed by atoms with Crippen molar-refractivity contribution >= 4 is 16.5 Å². The number of hydrogen-bond acceptors (Lipinski definition) is 5. The molecular weight excluding hydrogens is 282 g/mol. The van der Waals surface area contributed by atoms with Gasteiger partial charge in [0.15, 0.2) is 0 Å². The third-order valence-corrected chi connectivity index (χ3v) is 4.31. The average molecular weight is 295 g/mol. The number of non-ortho nitro benzene ring substituents is 1. The molecule has 0 aliphatic rings. The Labute approximate surface area is 118 Å². The lowest BCUT2D eigenvalue weighted by Gasteiger charge is -2.07. The molecule has 6 nitrogen and oxygen atoms in total. The number of aryl methyl sites for hydroxylation is 1. The van der Waals surface area contributed by atoms with Crippen molar-refractivity contribution in [3.8, 4) is 5.75 Å². The first-order valence-electron chi connectivity index (χ1n) is 5.76. The van der Waals surface area contributed by atoms with E-state index in [1.54, 1.807) is 13.0 Å². The second kappa shape index (κ2) is 5.87. The normalized spacial score (nSPS) is 12.1. The summed E-state index contributed by atoms with van der Waals surface area (Å²) in [6, 6.07) is 5.88. The first kappa shape index (κ1) is 14.3. The summed E-state index contributed by atoms with van der Waals surface area (Å²) < 4.78 is 22.5. The Bertz CT molecular complexity index is 665. The maximum atomic E-state index is 12.3. The molecule has 0 saturated heterocycles. The van der Waals surface area contributed by atoms with Crippen molar-refractivity contribution in [2.45, 2.75) is 17.6 Å². The van der Waals surface area contributed by atoms with Gasteiger partial charge in [-0.1, -0.05) is 0 Å². The SMILES string of the molecule is COc1ccc([N+](=O)[O-])cc1C[S@@](=O)c1ccoc1C. The number of ether oxygens (including phenoxy) is 1. The van der Waals surface area contributed by atoms with E-state index in [4.69, 9.17) is 9.15 Å². The highest BCUT2D eigenvalue weighted by Gasteiger charge is 2.16. The minimum atomic E-state index is -1.34. The zero-order valence-electron chi connectivity index (χ0n) is 11.0. The van der Waals surface area contributed by atoms with Crippen molar-refractivity contribution in [3.63, 3.8) is 0 Å². The van der Waals surface area contributed by atoms with E-state index in [-0.39, 0.29) is 11.4 Å². The van der Waals surface area contributed by atoms with Gasteiger partial charge in [0.2, 0.25) is 0 Å². The van der Waals surface area contributed by atoms with E-state index in [1.807, 2.05) is 0 Å². The molecule has 2 rings (SSSR count). The molecule has 20 heavy (non-hydrogen) atoms. The molecular formula is C13H13NO5S. The third-order valence-electron chi connectivity index (χ3n) is 2.82. The summed E-state index contributed by atoms with van der Waals surface area (Å²) in [6.07, 6.45) is 1.47. The van der Waals surface area contributed by atoms with Gasteiger partial charge in [0.1, 0.15) is 11.5 Å². The third kappa shape index (κ3) is 2.88. The molecule has 0 saturated carbocycles. The van der Waals surface area contributed by atoms with Crippen LogP contribution in [-0.2, 0) is 16.6 Å². The maximum Gasteiger partial charge on any atom is 0.270 e. The highest BCUT2D eigenvalue weighted by Crippen LogP contribution is 2.27. The number of nitro benzene ring substituents is 1. The fourth-order valence-corrected chi connectivity index (χ4v) is 3.06. The molecule has 0 aliphatic carbocycles. The number of nitrogens with zero attached hydrogens (tertiary/aromatic N) is 1. The summed E-state index contributed by atoms with van der Waals surface area (Å²) in [5, 5.41) is 10.8. The van der Waals surface area contributed by atoms with Crippen LogP contribution in [0.3, 0.4) is 0 Å². The molecule has 1 heterocycles. The van der Waals surface area contributed by atoms with Crippen LogP contribution in [0.25, 0.3) is 0 Å². The van der Waals surface area contributed by atoms with Gasteiger partial charge in [-0.15, -0.1) is 0 Å². The Morgan fingerprint density at radius 1 is 1.40 bits per heavy atom. The molecule has 0 N–H and O–H groups in total. The molecule has 0 aliphatic heterocycles. The molecule has 7 heteroatoms. The lowest BCUT2D eigenvalue weighted by molar-refractivity contribution is -0.384. The number of hydrogen-bond donors (Lipinski definition) is 0. The predicted molar refractivity (Wildman–Crippen MR) is 73.2 cm³/mol. The number of rotatable bonds is 5. The van der Waals surface area contributed by atoms with Crippen LogP contribution in [0.1, 0.15) is 11.3 Å². The minimum absolute atomic E-state index is 0.0540. The molecule has 106 valence electrons. The Kier molecular flexibility index (Phi) is 4.19. The standard InChI is InChI=1S/C13H13NO5S/c1-9-13(5-6-19-9)20(17)8-10-7-11(14(15)16)3-4-12(10)18-2/h3-7H,8H2,1-2H3/t20-/m1/s1. The Hall–Kier alpha value is -2.15. The summed E-state index contributed by atoms with van der Waals surface area (Å²) in [5.41, 5.74) is 0.474. The van der Waals surface area contributed by atoms with Crippen LogP contribution in [0.5, 0.6) is 5.75 Å². The minimum Gasteiger partial charge on any atom is -0.496 e. The number of nitro groups is 1. The van der Waals surface area contributed by atoms with E-state index in [0.717, 1.165) is 0 Å². The molecule has 0 unspecified atom stereocenters. The molecule has 1 atom stereocenters. The van der Waals surface area contributed by atoms with E-state index < -0.39 is 15.7 Å². The Balaban J connectivity index is 2.32. The maximum absolute atomic E-state index is 12.3. The van der Waals surface area contributed by atoms with E-state index in [9.17, 15) is 14.3 Å². The second-order valence-electron chi connectivity index (χ2n) is 4.08. The number of benzene rings is 1. The summed E-state index contributed by atoms with van der Waals surface area (Å²) >= 11 is 0. The van der Waals surface area contributed by atoms with Crippen LogP contribution < -0.4 is 4.74 Å². The Morgan fingerprint density at radius 2 is 2.15 bits per heavy atom. The topological polar surface area (TPSA) is 82.6 Å². The second-order valence-corrected chi connectivity index (χ2v) is 5.50.